The Balaban J connectivity index is 1.34. The van der Waals surface area contributed by atoms with Crippen LogP contribution in [0, 0.1) is 5.41 Å². The number of likely N-dealkylation sites (tertiary alicyclic amines) is 1. The zero-order valence-corrected chi connectivity index (χ0v) is 24.1. The highest BCUT2D eigenvalue weighted by molar-refractivity contribution is 5.99. The number of carbonyl (C=O) groups is 1. The van der Waals surface area contributed by atoms with Gasteiger partial charge in [0.2, 0.25) is 0 Å². The number of nitrogens with one attached hydrogen (secondary N) is 2. The number of nitrogens with two attached hydrogens (primary N) is 1. The van der Waals surface area contributed by atoms with Crippen molar-refractivity contribution < 1.29 is 14.6 Å². The van der Waals surface area contributed by atoms with Gasteiger partial charge < -0.3 is 30.4 Å². The minimum absolute atomic E-state index is 0.0361. The zero-order valence-electron chi connectivity index (χ0n) is 24.1. The molecule has 6 rings (SSSR count). The molecule has 0 saturated carbocycles. The normalized spacial score (nSPS) is 15.9. The SMILES string of the molecule is CC(C)c1nc2c(OC(=O)O)cc(NC3CCN(C4=NCCC4)CC3)cc2n1Cc1ccc2ccc(C(=N)N)cc2c1. The highest BCUT2D eigenvalue weighted by atomic mass is 16.7. The van der Waals surface area contributed by atoms with Crippen molar-refractivity contribution >= 4 is 45.3 Å². The van der Waals surface area contributed by atoms with Gasteiger partial charge >= 0.3 is 6.16 Å². The molecule has 1 saturated heterocycles. The number of hydrogen-bond donors (Lipinski definition) is 4. The fourth-order valence-corrected chi connectivity index (χ4v) is 6.12. The molecule has 1 aromatic heterocycles. The fourth-order valence-electron chi connectivity index (χ4n) is 6.12. The lowest BCUT2D eigenvalue weighted by molar-refractivity contribution is 0.145. The van der Waals surface area contributed by atoms with E-state index >= 15 is 0 Å². The lowest BCUT2D eigenvalue weighted by atomic mass is 10.0. The number of nitrogen functional groups attached to an aromatic ring is 1. The number of piperidine rings is 1. The van der Waals surface area contributed by atoms with E-state index in [-0.39, 0.29) is 23.5 Å². The van der Waals surface area contributed by atoms with E-state index in [9.17, 15) is 9.90 Å². The van der Waals surface area contributed by atoms with Crippen molar-refractivity contribution in [3.05, 3.63) is 65.5 Å². The van der Waals surface area contributed by atoms with E-state index in [2.05, 4.69) is 57.9 Å². The van der Waals surface area contributed by atoms with E-state index in [0.717, 1.165) is 78.7 Å². The molecule has 4 aromatic rings. The van der Waals surface area contributed by atoms with Crippen LogP contribution in [0.1, 0.15) is 62.4 Å². The fraction of sp³-hybridized carbons (Fsp3) is 0.375. The maximum atomic E-state index is 11.7. The number of nitrogens with zero attached hydrogens (tertiary/aromatic N) is 4. The number of rotatable bonds is 7. The van der Waals surface area contributed by atoms with Crippen LogP contribution in [0.4, 0.5) is 10.5 Å². The molecule has 10 heteroatoms. The topological polar surface area (TPSA) is 142 Å². The van der Waals surface area contributed by atoms with Gasteiger partial charge in [0.25, 0.3) is 0 Å². The van der Waals surface area contributed by atoms with Gasteiger partial charge in [0, 0.05) is 61.9 Å². The summed E-state index contributed by atoms with van der Waals surface area (Å²) in [6.07, 6.45) is 2.80. The average Bonchev–Trinajstić information content (AvgIpc) is 3.62. The van der Waals surface area contributed by atoms with Crippen LogP contribution in [-0.2, 0) is 6.54 Å². The molecule has 42 heavy (non-hydrogen) atoms. The molecule has 0 unspecified atom stereocenters. The second kappa shape index (κ2) is 11.3. The molecule has 2 aliphatic rings. The molecule has 3 heterocycles. The number of amidine groups is 2. The summed E-state index contributed by atoms with van der Waals surface area (Å²) in [5.74, 6) is 2.45. The minimum atomic E-state index is -1.37. The number of ether oxygens (including phenoxy) is 1. The number of fused-ring (bicyclic) bond motifs is 2. The second-order valence-electron chi connectivity index (χ2n) is 11.5. The predicted molar refractivity (Wildman–Crippen MR) is 166 cm³/mol. The summed E-state index contributed by atoms with van der Waals surface area (Å²) < 4.78 is 7.43. The molecule has 0 spiro atoms. The molecule has 3 aromatic carbocycles. The Morgan fingerprint density at radius 3 is 2.62 bits per heavy atom. The highest BCUT2D eigenvalue weighted by Crippen LogP contribution is 2.34. The van der Waals surface area contributed by atoms with Crippen molar-refractivity contribution in [3.8, 4) is 5.75 Å². The van der Waals surface area contributed by atoms with Gasteiger partial charge in [-0.2, -0.15) is 0 Å². The number of anilines is 1. The summed E-state index contributed by atoms with van der Waals surface area (Å²) in [5, 5.41) is 23.1. The lowest BCUT2D eigenvalue weighted by Crippen LogP contribution is -2.41. The van der Waals surface area contributed by atoms with E-state index in [0.29, 0.717) is 17.6 Å². The van der Waals surface area contributed by atoms with E-state index in [1.54, 1.807) is 6.07 Å². The largest absolute Gasteiger partial charge is 0.511 e. The Morgan fingerprint density at radius 1 is 1.14 bits per heavy atom. The monoisotopic (exact) mass is 567 g/mol. The molecule has 1 fully saturated rings. The van der Waals surface area contributed by atoms with Gasteiger partial charge in [0.05, 0.1) is 11.4 Å². The molecule has 2 aliphatic heterocycles. The summed E-state index contributed by atoms with van der Waals surface area (Å²) in [7, 11) is 0. The van der Waals surface area contributed by atoms with Gasteiger partial charge in [-0.15, -0.1) is 0 Å². The summed E-state index contributed by atoms with van der Waals surface area (Å²) >= 11 is 0. The first-order valence-corrected chi connectivity index (χ1v) is 14.6. The second-order valence-corrected chi connectivity index (χ2v) is 11.5. The Hall–Kier alpha value is -4.60. The third-order valence-corrected chi connectivity index (χ3v) is 8.20. The standard InChI is InChI=1S/C32H37N7O3/c1-19(2)31-37-29-26(39(31)18-20-5-6-21-7-8-22(30(33)34)15-23(21)14-20)16-25(17-27(29)42-32(40)41)36-24-9-12-38(13-10-24)28-4-3-11-35-28/h5-8,14-17,19,24,36H,3-4,9-13,18H2,1-2H3,(H3,33,34)(H,40,41). The molecule has 5 N–H and O–H groups in total. The van der Waals surface area contributed by atoms with E-state index in [4.69, 9.17) is 20.9 Å². The molecule has 0 atom stereocenters. The van der Waals surface area contributed by atoms with Gasteiger partial charge in [-0.1, -0.05) is 38.1 Å². The van der Waals surface area contributed by atoms with Crippen molar-refractivity contribution in [1.82, 2.24) is 14.5 Å². The maximum absolute atomic E-state index is 11.7. The number of benzene rings is 3. The highest BCUT2D eigenvalue weighted by Gasteiger charge is 2.25. The average molecular weight is 568 g/mol. The number of aromatic nitrogens is 2. The summed E-state index contributed by atoms with van der Waals surface area (Å²) in [4.78, 5) is 23.6. The van der Waals surface area contributed by atoms with Crippen molar-refractivity contribution in [2.75, 3.05) is 25.0 Å². The molecule has 0 amide bonds. The van der Waals surface area contributed by atoms with Crippen molar-refractivity contribution in [3.63, 3.8) is 0 Å². The van der Waals surface area contributed by atoms with Crippen molar-refractivity contribution in [2.45, 2.75) is 58.0 Å². The Morgan fingerprint density at radius 2 is 1.93 bits per heavy atom. The molecule has 0 aliphatic carbocycles. The van der Waals surface area contributed by atoms with Crippen LogP contribution in [-0.4, -0.2) is 63.1 Å². The van der Waals surface area contributed by atoms with Crippen molar-refractivity contribution in [2.24, 2.45) is 10.7 Å². The molecular weight excluding hydrogens is 530 g/mol. The van der Waals surface area contributed by atoms with Crippen LogP contribution in [0.3, 0.4) is 0 Å². The number of aliphatic imine (C=N–C) groups is 1. The first kappa shape index (κ1) is 27.6. The van der Waals surface area contributed by atoms with Gasteiger partial charge in [0.15, 0.2) is 5.75 Å². The smallest absolute Gasteiger partial charge is 0.449 e. The Labute approximate surface area is 244 Å². The minimum Gasteiger partial charge on any atom is -0.449 e. The Kier molecular flexibility index (Phi) is 7.45. The Bertz CT molecular complexity index is 1700. The van der Waals surface area contributed by atoms with E-state index in [1.807, 2.05) is 18.2 Å². The number of carboxylic acid groups (broad SMARTS) is 1. The van der Waals surface area contributed by atoms with Crippen LogP contribution in [0.25, 0.3) is 21.8 Å². The van der Waals surface area contributed by atoms with Crippen LogP contribution >= 0.6 is 0 Å². The van der Waals surface area contributed by atoms with Crippen LogP contribution in [0.2, 0.25) is 0 Å². The molecule has 10 nitrogen and oxygen atoms in total. The van der Waals surface area contributed by atoms with Crippen LogP contribution in [0.5, 0.6) is 5.75 Å². The summed E-state index contributed by atoms with van der Waals surface area (Å²) in [5.41, 5.74) is 9.64. The zero-order chi connectivity index (χ0) is 29.4. The number of imidazole rings is 1. The van der Waals surface area contributed by atoms with Gasteiger partial charge in [-0.05, 0) is 53.8 Å². The summed E-state index contributed by atoms with van der Waals surface area (Å²) in [6, 6.07) is 16.1. The van der Waals surface area contributed by atoms with Crippen molar-refractivity contribution in [1.29, 1.82) is 5.41 Å². The quantitative estimate of drug-likeness (QED) is 0.0961. The maximum Gasteiger partial charge on any atom is 0.511 e. The van der Waals surface area contributed by atoms with Crippen LogP contribution < -0.4 is 15.8 Å². The third kappa shape index (κ3) is 5.61. The first-order chi connectivity index (χ1) is 20.2. The van der Waals surface area contributed by atoms with E-state index in [1.165, 1.54) is 5.84 Å². The molecule has 0 radical (unpaired) electrons. The first-order valence-electron chi connectivity index (χ1n) is 14.6. The molecular formula is C32H37N7O3. The molecule has 0 bridgehead atoms. The van der Waals surface area contributed by atoms with Gasteiger partial charge in [-0.25, -0.2) is 9.78 Å². The van der Waals surface area contributed by atoms with Gasteiger partial charge in [-0.3, -0.25) is 10.4 Å². The lowest BCUT2D eigenvalue weighted by Gasteiger charge is -2.34. The third-order valence-electron chi connectivity index (χ3n) is 8.20. The predicted octanol–water partition coefficient (Wildman–Crippen LogP) is 5.77. The van der Waals surface area contributed by atoms with E-state index < -0.39 is 6.16 Å². The molecule has 218 valence electrons. The van der Waals surface area contributed by atoms with Crippen LogP contribution in [0.15, 0.2) is 53.5 Å². The van der Waals surface area contributed by atoms with Gasteiger partial charge in [0.1, 0.15) is 17.2 Å². The number of hydrogen-bond acceptors (Lipinski definition) is 7. The summed E-state index contributed by atoms with van der Waals surface area (Å²) in [6.45, 7) is 7.55.